The van der Waals surface area contributed by atoms with Crippen molar-refractivity contribution in [1.82, 2.24) is 19.7 Å². The number of H-pyrrole nitrogens is 1. The first-order chi connectivity index (χ1) is 16.1. The van der Waals surface area contributed by atoms with Crippen LogP contribution >= 0.6 is 0 Å². The molecule has 0 radical (unpaired) electrons. The van der Waals surface area contributed by atoms with Gasteiger partial charge in [0.15, 0.2) is 5.52 Å². The molecule has 0 unspecified atom stereocenters. The van der Waals surface area contributed by atoms with Crippen molar-refractivity contribution in [1.29, 1.82) is 0 Å². The summed E-state index contributed by atoms with van der Waals surface area (Å²) >= 11 is 0. The highest BCUT2D eigenvalue weighted by molar-refractivity contribution is 5.79. The summed E-state index contributed by atoms with van der Waals surface area (Å²) in [6.07, 6.45) is 5.69. The van der Waals surface area contributed by atoms with Crippen LogP contribution in [0.1, 0.15) is 49.4 Å². The lowest BCUT2D eigenvalue weighted by molar-refractivity contribution is 0.304. The smallest absolute Gasteiger partial charge is 0.277 e. The molecule has 5 rings (SSSR count). The molecule has 33 heavy (non-hydrogen) atoms. The minimum absolute atomic E-state index is 0.173. The van der Waals surface area contributed by atoms with E-state index in [9.17, 15) is 4.79 Å². The summed E-state index contributed by atoms with van der Waals surface area (Å²) in [6.45, 7) is 2.37. The van der Waals surface area contributed by atoms with Crippen molar-refractivity contribution < 1.29 is 9.47 Å². The molecule has 1 saturated carbocycles. The average molecular weight is 445 g/mol. The van der Waals surface area contributed by atoms with Gasteiger partial charge in [-0.25, -0.2) is 4.98 Å². The van der Waals surface area contributed by atoms with Gasteiger partial charge < -0.3 is 14.5 Å². The molecular weight excluding hydrogens is 416 g/mol. The van der Waals surface area contributed by atoms with Crippen molar-refractivity contribution in [3.05, 3.63) is 70.1 Å². The van der Waals surface area contributed by atoms with Gasteiger partial charge in [-0.15, -0.1) is 0 Å². The molecule has 0 bridgehead atoms. The van der Waals surface area contributed by atoms with Crippen molar-refractivity contribution in [3.63, 3.8) is 0 Å². The Hall–Kier alpha value is -3.61. The Morgan fingerprint density at radius 1 is 1.09 bits per heavy atom. The van der Waals surface area contributed by atoms with Crippen LogP contribution in [0.3, 0.4) is 0 Å². The van der Waals surface area contributed by atoms with E-state index in [0.29, 0.717) is 40.5 Å². The molecule has 0 atom stereocenters. The summed E-state index contributed by atoms with van der Waals surface area (Å²) in [4.78, 5) is 20.9. The third kappa shape index (κ3) is 4.23. The molecule has 0 saturated heterocycles. The molecule has 0 amide bonds. The predicted octanol–water partition coefficient (Wildman–Crippen LogP) is 5.19. The number of aromatic nitrogens is 4. The van der Waals surface area contributed by atoms with Gasteiger partial charge in [-0.1, -0.05) is 49.6 Å². The number of nitrogens with one attached hydrogen (secondary N) is 1. The zero-order chi connectivity index (χ0) is 22.8. The fourth-order valence-corrected chi connectivity index (χ4v) is 4.61. The molecule has 1 fully saturated rings. The van der Waals surface area contributed by atoms with Crippen LogP contribution in [0.4, 0.5) is 0 Å². The molecule has 7 nitrogen and oxygen atoms in total. The van der Waals surface area contributed by atoms with Crippen molar-refractivity contribution in [2.45, 2.75) is 51.7 Å². The van der Waals surface area contributed by atoms with E-state index >= 15 is 0 Å². The van der Waals surface area contributed by atoms with Crippen molar-refractivity contribution in [3.8, 4) is 22.9 Å². The molecule has 2 aromatic carbocycles. The topological polar surface area (TPSA) is 82.0 Å². The normalized spacial score (nSPS) is 14.5. The zero-order valence-electron chi connectivity index (χ0n) is 19.0. The number of aryl methyl sites for hydroxylation is 1. The number of hydrogen-bond donors (Lipinski definition) is 1. The number of methoxy groups -OCH3 is 1. The van der Waals surface area contributed by atoms with Crippen LogP contribution in [0.25, 0.3) is 22.4 Å². The highest BCUT2D eigenvalue weighted by atomic mass is 16.5. The number of aromatic amines is 1. The van der Waals surface area contributed by atoms with Crippen molar-refractivity contribution in [2.24, 2.45) is 0 Å². The standard InChI is InChI=1S/C26H28N4O3/c1-17-23-24(30(29-17)19-11-7-4-8-12-19)26(31)28-25(27-23)21-14-13-20(15-22(21)32-2)33-16-18-9-5-3-6-10-18/h3,5-6,9-10,13-15,19H,4,7-8,11-12,16H2,1-2H3,(H,27,28,31). The Morgan fingerprint density at radius 2 is 1.88 bits per heavy atom. The molecule has 1 aliphatic rings. The SMILES string of the molecule is COc1cc(OCc2ccccc2)ccc1-c1nc2c(C)nn(C3CCCCC3)c2c(=O)[nH]1. The molecule has 170 valence electrons. The second-order valence-electron chi connectivity index (χ2n) is 8.57. The summed E-state index contributed by atoms with van der Waals surface area (Å²) in [5.41, 5.74) is 3.59. The third-order valence-electron chi connectivity index (χ3n) is 6.32. The van der Waals surface area contributed by atoms with Crippen LogP contribution in [0, 0.1) is 6.92 Å². The molecule has 7 heteroatoms. The van der Waals surface area contributed by atoms with Gasteiger partial charge >= 0.3 is 0 Å². The van der Waals surface area contributed by atoms with Gasteiger partial charge in [-0.05, 0) is 37.5 Å². The number of hydrogen-bond acceptors (Lipinski definition) is 5. The number of benzene rings is 2. The quantitative estimate of drug-likeness (QED) is 0.443. The van der Waals surface area contributed by atoms with Crippen LogP contribution in [0.15, 0.2) is 53.3 Å². The zero-order valence-corrected chi connectivity index (χ0v) is 19.0. The molecule has 4 aromatic rings. The largest absolute Gasteiger partial charge is 0.496 e. The van der Waals surface area contributed by atoms with Crippen LogP contribution < -0.4 is 15.0 Å². The molecule has 1 aliphatic carbocycles. The Balaban J connectivity index is 1.48. The van der Waals surface area contributed by atoms with E-state index in [0.717, 1.165) is 24.1 Å². The first-order valence-electron chi connectivity index (χ1n) is 11.5. The Labute approximate surface area is 192 Å². The summed E-state index contributed by atoms with van der Waals surface area (Å²) < 4.78 is 13.4. The van der Waals surface area contributed by atoms with Gasteiger partial charge in [0.05, 0.1) is 24.4 Å². The first-order valence-corrected chi connectivity index (χ1v) is 11.5. The molecule has 0 aliphatic heterocycles. The number of fused-ring (bicyclic) bond motifs is 1. The van der Waals surface area contributed by atoms with Gasteiger partial charge in [0.25, 0.3) is 5.56 Å². The van der Waals surface area contributed by atoms with Gasteiger partial charge in [0.2, 0.25) is 0 Å². The number of rotatable bonds is 6. The van der Waals surface area contributed by atoms with Crippen LogP contribution in [0.5, 0.6) is 11.5 Å². The Kier molecular flexibility index (Phi) is 5.86. The monoisotopic (exact) mass is 444 g/mol. The van der Waals surface area contributed by atoms with E-state index in [4.69, 9.17) is 19.6 Å². The summed E-state index contributed by atoms with van der Waals surface area (Å²) in [7, 11) is 1.60. The predicted molar refractivity (Wildman–Crippen MR) is 128 cm³/mol. The molecular formula is C26H28N4O3. The fraction of sp³-hybridized carbons (Fsp3) is 0.346. The third-order valence-corrected chi connectivity index (χ3v) is 6.32. The Bertz CT molecular complexity index is 1320. The Morgan fingerprint density at radius 3 is 2.64 bits per heavy atom. The van der Waals surface area contributed by atoms with E-state index in [1.807, 2.05) is 60.1 Å². The molecule has 1 N–H and O–H groups in total. The average Bonchev–Trinajstić information content (AvgIpc) is 3.20. The summed E-state index contributed by atoms with van der Waals surface area (Å²) in [5, 5.41) is 4.70. The minimum Gasteiger partial charge on any atom is -0.496 e. The lowest BCUT2D eigenvalue weighted by atomic mass is 9.95. The lowest BCUT2D eigenvalue weighted by Gasteiger charge is -2.22. The maximum Gasteiger partial charge on any atom is 0.277 e. The van der Waals surface area contributed by atoms with E-state index in [1.54, 1.807) is 7.11 Å². The second-order valence-corrected chi connectivity index (χ2v) is 8.57. The first kappa shape index (κ1) is 21.2. The van der Waals surface area contributed by atoms with Crippen molar-refractivity contribution in [2.75, 3.05) is 7.11 Å². The number of nitrogens with zero attached hydrogens (tertiary/aromatic N) is 3. The molecule has 2 heterocycles. The van der Waals surface area contributed by atoms with E-state index in [1.165, 1.54) is 19.3 Å². The maximum absolute atomic E-state index is 13.2. The van der Waals surface area contributed by atoms with Gasteiger partial charge in [0, 0.05) is 6.07 Å². The van der Waals surface area contributed by atoms with E-state index in [2.05, 4.69) is 4.98 Å². The highest BCUT2D eigenvalue weighted by Gasteiger charge is 2.23. The minimum atomic E-state index is -0.173. The van der Waals surface area contributed by atoms with E-state index < -0.39 is 0 Å². The van der Waals surface area contributed by atoms with Gasteiger partial charge in [-0.3, -0.25) is 9.48 Å². The van der Waals surface area contributed by atoms with Crippen LogP contribution in [0.2, 0.25) is 0 Å². The van der Waals surface area contributed by atoms with Gasteiger partial charge in [-0.2, -0.15) is 5.10 Å². The summed E-state index contributed by atoms with van der Waals surface area (Å²) in [6, 6.07) is 15.8. The van der Waals surface area contributed by atoms with Crippen LogP contribution in [-0.2, 0) is 6.61 Å². The fourth-order valence-electron chi connectivity index (χ4n) is 4.61. The van der Waals surface area contributed by atoms with Crippen molar-refractivity contribution >= 4 is 11.0 Å². The maximum atomic E-state index is 13.2. The van der Waals surface area contributed by atoms with Gasteiger partial charge in [0.1, 0.15) is 29.4 Å². The highest BCUT2D eigenvalue weighted by Crippen LogP contribution is 2.33. The number of ether oxygens (including phenoxy) is 2. The lowest BCUT2D eigenvalue weighted by Crippen LogP contribution is -2.19. The molecule has 2 aromatic heterocycles. The second kappa shape index (κ2) is 9.10. The van der Waals surface area contributed by atoms with Crippen LogP contribution in [-0.4, -0.2) is 26.9 Å². The molecule has 0 spiro atoms. The summed E-state index contributed by atoms with van der Waals surface area (Å²) in [5.74, 6) is 1.73. The van der Waals surface area contributed by atoms with E-state index in [-0.39, 0.29) is 11.6 Å².